The molecule has 0 aliphatic carbocycles. The van der Waals surface area contributed by atoms with E-state index in [0.717, 1.165) is 51.3 Å². The van der Waals surface area contributed by atoms with Gasteiger partial charge in [-0.2, -0.15) is 0 Å². The lowest BCUT2D eigenvalue weighted by Gasteiger charge is -2.30. The number of nitrogens with zero attached hydrogens (tertiary/aromatic N) is 5. The summed E-state index contributed by atoms with van der Waals surface area (Å²) >= 11 is 0. The molecule has 1 aliphatic rings. The number of rotatable bonds is 9. The Morgan fingerprint density at radius 3 is 2.77 bits per heavy atom. The molecular formula is C29H30N6O4. The molecule has 2 aromatic carbocycles. The van der Waals surface area contributed by atoms with Crippen LogP contribution in [0.2, 0.25) is 0 Å². The SMILES string of the molecule is CC[C@H](c1nnnn1Cc1ccco1)N(Cc1ccc2c(c1)OCO2)Cc1cc2c(C)cc(C)cc2[nH]c1=O. The summed E-state index contributed by atoms with van der Waals surface area (Å²) < 4.78 is 18.4. The molecule has 39 heavy (non-hydrogen) atoms. The molecule has 0 fully saturated rings. The van der Waals surface area contributed by atoms with Crippen LogP contribution in [0.1, 0.15) is 53.2 Å². The maximum atomic E-state index is 13.3. The number of hydrogen-bond acceptors (Lipinski definition) is 8. The van der Waals surface area contributed by atoms with Gasteiger partial charge >= 0.3 is 0 Å². The van der Waals surface area contributed by atoms with Crippen LogP contribution < -0.4 is 15.0 Å². The highest BCUT2D eigenvalue weighted by molar-refractivity contribution is 5.83. The highest BCUT2D eigenvalue weighted by Crippen LogP contribution is 2.34. The molecule has 5 aromatic rings. The van der Waals surface area contributed by atoms with E-state index in [2.05, 4.69) is 45.3 Å². The quantitative estimate of drug-likeness (QED) is 0.295. The van der Waals surface area contributed by atoms with Gasteiger partial charge in [-0.1, -0.05) is 19.1 Å². The molecule has 10 heteroatoms. The van der Waals surface area contributed by atoms with Gasteiger partial charge < -0.3 is 18.9 Å². The average Bonchev–Trinajstić information content (AvgIpc) is 3.68. The molecule has 0 saturated heterocycles. The van der Waals surface area contributed by atoms with Crippen LogP contribution in [0, 0.1) is 13.8 Å². The number of furan rings is 1. The van der Waals surface area contributed by atoms with Gasteiger partial charge in [-0.05, 0) is 83.8 Å². The van der Waals surface area contributed by atoms with Crippen LogP contribution in [0.3, 0.4) is 0 Å². The number of nitrogens with one attached hydrogen (secondary N) is 1. The minimum Gasteiger partial charge on any atom is -0.467 e. The number of ether oxygens (including phenoxy) is 2. The Balaban J connectivity index is 1.39. The smallest absolute Gasteiger partial charge is 0.252 e. The van der Waals surface area contributed by atoms with Crippen LogP contribution in [0.15, 0.2) is 64.0 Å². The van der Waals surface area contributed by atoms with Crippen LogP contribution >= 0.6 is 0 Å². The van der Waals surface area contributed by atoms with Crippen molar-refractivity contribution in [2.24, 2.45) is 0 Å². The average molecular weight is 527 g/mol. The lowest BCUT2D eigenvalue weighted by Crippen LogP contribution is -2.32. The van der Waals surface area contributed by atoms with Crippen molar-refractivity contribution >= 4 is 10.9 Å². The number of benzene rings is 2. The number of hydrogen-bond donors (Lipinski definition) is 1. The third-order valence-corrected chi connectivity index (χ3v) is 7.16. The Morgan fingerprint density at radius 2 is 1.95 bits per heavy atom. The summed E-state index contributed by atoms with van der Waals surface area (Å²) in [5.74, 6) is 2.92. The summed E-state index contributed by atoms with van der Waals surface area (Å²) in [5.41, 5.74) is 4.69. The van der Waals surface area contributed by atoms with Crippen molar-refractivity contribution in [2.75, 3.05) is 6.79 Å². The van der Waals surface area contributed by atoms with Crippen molar-refractivity contribution in [2.45, 2.75) is 52.9 Å². The van der Waals surface area contributed by atoms with Crippen molar-refractivity contribution in [1.82, 2.24) is 30.1 Å². The molecule has 0 unspecified atom stereocenters. The fourth-order valence-corrected chi connectivity index (χ4v) is 5.32. The molecule has 0 bridgehead atoms. The molecule has 10 nitrogen and oxygen atoms in total. The molecule has 6 rings (SSSR count). The minimum absolute atomic E-state index is 0.104. The first-order valence-electron chi connectivity index (χ1n) is 13.0. The van der Waals surface area contributed by atoms with E-state index in [1.807, 2.05) is 49.4 Å². The van der Waals surface area contributed by atoms with E-state index in [1.54, 1.807) is 10.9 Å². The Bertz CT molecular complexity index is 1670. The van der Waals surface area contributed by atoms with E-state index >= 15 is 0 Å². The molecule has 3 aromatic heterocycles. The number of pyridine rings is 1. The summed E-state index contributed by atoms with van der Waals surface area (Å²) in [6.07, 6.45) is 2.37. The number of tetrazole rings is 1. The first-order valence-corrected chi connectivity index (χ1v) is 13.0. The topological polar surface area (TPSA) is 111 Å². The number of fused-ring (bicyclic) bond motifs is 2. The van der Waals surface area contributed by atoms with Crippen LogP contribution in [-0.2, 0) is 19.6 Å². The Labute approximate surface area is 225 Å². The number of aromatic nitrogens is 5. The predicted molar refractivity (Wildman–Crippen MR) is 145 cm³/mol. The van der Waals surface area contributed by atoms with Gasteiger partial charge in [0.25, 0.3) is 5.56 Å². The third-order valence-electron chi connectivity index (χ3n) is 7.16. The normalized spacial score (nSPS) is 13.4. The number of aromatic amines is 1. The van der Waals surface area contributed by atoms with E-state index in [-0.39, 0.29) is 18.4 Å². The molecule has 1 atom stereocenters. The predicted octanol–water partition coefficient (Wildman–Crippen LogP) is 4.65. The summed E-state index contributed by atoms with van der Waals surface area (Å²) in [6.45, 7) is 7.78. The second-order valence-electron chi connectivity index (χ2n) is 9.96. The molecule has 0 radical (unpaired) electrons. The summed E-state index contributed by atoms with van der Waals surface area (Å²) in [5, 5.41) is 13.7. The molecular weight excluding hydrogens is 496 g/mol. The largest absolute Gasteiger partial charge is 0.467 e. The molecule has 200 valence electrons. The lowest BCUT2D eigenvalue weighted by atomic mass is 10.0. The zero-order valence-corrected chi connectivity index (χ0v) is 22.2. The van der Waals surface area contributed by atoms with Crippen molar-refractivity contribution in [3.63, 3.8) is 0 Å². The zero-order chi connectivity index (χ0) is 26.9. The van der Waals surface area contributed by atoms with Crippen LogP contribution in [0.5, 0.6) is 11.5 Å². The summed E-state index contributed by atoms with van der Waals surface area (Å²) in [7, 11) is 0. The van der Waals surface area contributed by atoms with Crippen LogP contribution in [-0.4, -0.2) is 36.9 Å². The maximum absolute atomic E-state index is 13.3. The number of aryl methyl sites for hydroxylation is 2. The van der Waals surface area contributed by atoms with Gasteiger partial charge in [-0.15, -0.1) is 5.10 Å². The minimum atomic E-state index is -0.172. The van der Waals surface area contributed by atoms with E-state index in [1.165, 1.54) is 0 Å². The van der Waals surface area contributed by atoms with Gasteiger partial charge in [0, 0.05) is 29.6 Å². The molecule has 0 amide bonds. The second kappa shape index (κ2) is 10.4. The summed E-state index contributed by atoms with van der Waals surface area (Å²) in [4.78, 5) is 18.6. The van der Waals surface area contributed by atoms with E-state index in [9.17, 15) is 4.79 Å². The zero-order valence-electron chi connectivity index (χ0n) is 22.2. The Morgan fingerprint density at radius 1 is 1.08 bits per heavy atom. The lowest BCUT2D eigenvalue weighted by molar-refractivity contribution is 0.160. The Kier molecular flexibility index (Phi) is 6.62. The highest BCUT2D eigenvalue weighted by atomic mass is 16.7. The fraction of sp³-hybridized carbons (Fsp3) is 0.310. The first-order chi connectivity index (χ1) is 19.0. The third kappa shape index (κ3) is 5.03. The van der Waals surface area contributed by atoms with Crippen molar-refractivity contribution in [1.29, 1.82) is 0 Å². The van der Waals surface area contributed by atoms with Crippen molar-refractivity contribution in [3.05, 3.63) is 99.0 Å². The molecule has 0 spiro atoms. The first kappa shape index (κ1) is 24.9. The monoisotopic (exact) mass is 526 g/mol. The van der Waals surface area contributed by atoms with Crippen molar-refractivity contribution < 1.29 is 13.9 Å². The van der Waals surface area contributed by atoms with Gasteiger partial charge in [0.05, 0.1) is 12.3 Å². The molecule has 4 heterocycles. The van der Waals surface area contributed by atoms with Gasteiger partial charge in [0.15, 0.2) is 17.3 Å². The maximum Gasteiger partial charge on any atom is 0.252 e. The van der Waals surface area contributed by atoms with Gasteiger partial charge in [-0.3, -0.25) is 9.69 Å². The standard InChI is InChI=1S/C29H30N6O4/c1-4-25(28-31-32-33-35(28)16-22-6-5-9-37-22)34(14-20-7-8-26-27(12-20)39-17-38-26)15-21-13-23-19(3)10-18(2)11-24(23)30-29(21)36/h5-13,25H,4,14-17H2,1-3H3,(H,30,36)/t25-/m1/s1. The van der Waals surface area contributed by atoms with Gasteiger partial charge in [-0.25, -0.2) is 4.68 Å². The van der Waals surface area contributed by atoms with Crippen molar-refractivity contribution in [3.8, 4) is 11.5 Å². The Hall–Kier alpha value is -4.44. The highest BCUT2D eigenvalue weighted by Gasteiger charge is 2.27. The molecule has 0 saturated carbocycles. The van der Waals surface area contributed by atoms with Gasteiger partial charge in [0.1, 0.15) is 12.3 Å². The van der Waals surface area contributed by atoms with E-state index < -0.39 is 0 Å². The van der Waals surface area contributed by atoms with E-state index in [0.29, 0.717) is 31.0 Å². The van der Waals surface area contributed by atoms with Crippen LogP contribution in [0.4, 0.5) is 0 Å². The molecule has 1 aliphatic heterocycles. The van der Waals surface area contributed by atoms with Gasteiger partial charge in [0.2, 0.25) is 6.79 Å². The van der Waals surface area contributed by atoms with E-state index in [4.69, 9.17) is 13.9 Å². The summed E-state index contributed by atoms with van der Waals surface area (Å²) in [6, 6.07) is 15.7. The number of H-pyrrole nitrogens is 1. The second-order valence-corrected chi connectivity index (χ2v) is 9.96. The van der Waals surface area contributed by atoms with Crippen LogP contribution in [0.25, 0.3) is 10.9 Å². The molecule has 1 N–H and O–H groups in total. The fourth-order valence-electron chi connectivity index (χ4n) is 5.32.